The van der Waals surface area contributed by atoms with E-state index in [2.05, 4.69) is 0 Å². The van der Waals surface area contributed by atoms with E-state index in [-0.39, 0.29) is 24.7 Å². The van der Waals surface area contributed by atoms with Crippen LogP contribution in [-0.2, 0) is 38.5 Å². The summed E-state index contributed by atoms with van der Waals surface area (Å²) in [6.45, 7) is 2.01. The van der Waals surface area contributed by atoms with Gasteiger partial charge in [-0.15, -0.1) is 0 Å². The lowest BCUT2D eigenvalue weighted by Crippen LogP contribution is -2.57. The van der Waals surface area contributed by atoms with Crippen LogP contribution in [0.15, 0.2) is 0 Å². The third kappa shape index (κ3) is 4.21. The lowest BCUT2D eigenvalue weighted by molar-refractivity contribution is -0.175. The molecule has 2 atom stereocenters. The van der Waals surface area contributed by atoms with Crippen LogP contribution < -0.4 is 0 Å². The molecular formula is C15H23NO10S. The van der Waals surface area contributed by atoms with Crippen LogP contribution in [0.2, 0.25) is 0 Å². The summed E-state index contributed by atoms with van der Waals surface area (Å²) in [7, 11) is -3.71. The second-order valence-electron chi connectivity index (χ2n) is 6.71. The zero-order valence-corrected chi connectivity index (χ0v) is 15.8. The summed E-state index contributed by atoms with van der Waals surface area (Å²) in [5, 5.41) is 7.47. The van der Waals surface area contributed by atoms with Crippen molar-refractivity contribution >= 4 is 33.7 Å². The fourth-order valence-corrected chi connectivity index (χ4v) is 5.18. The number of unbranched alkanes of at least 4 members (excludes halogenated alkanes) is 1. The molecule has 1 amide bonds. The van der Waals surface area contributed by atoms with Gasteiger partial charge in [-0.1, -0.05) is 0 Å². The monoisotopic (exact) mass is 409 g/mol. The molecule has 0 aromatic rings. The Morgan fingerprint density at radius 1 is 1.19 bits per heavy atom. The topological polar surface area (TPSA) is 176 Å². The molecule has 0 aliphatic carbocycles. The molecule has 11 nitrogen and oxygen atoms in total. The Labute approximate surface area is 155 Å². The van der Waals surface area contributed by atoms with E-state index < -0.39 is 56.6 Å². The number of ether oxygens (including phenoxy) is 2. The Morgan fingerprint density at radius 3 is 2.33 bits per heavy atom. The minimum atomic E-state index is -3.71. The van der Waals surface area contributed by atoms with Crippen molar-refractivity contribution in [2.24, 2.45) is 0 Å². The average molecular weight is 409 g/mol. The van der Waals surface area contributed by atoms with Gasteiger partial charge in [0, 0.05) is 12.8 Å². The molecule has 0 unspecified atom stereocenters. The van der Waals surface area contributed by atoms with E-state index in [0.717, 1.165) is 4.90 Å². The molecule has 3 N–H and O–H groups in total. The van der Waals surface area contributed by atoms with Gasteiger partial charge in [-0.2, -0.15) is 0 Å². The zero-order chi connectivity index (χ0) is 19.7. The van der Waals surface area contributed by atoms with Gasteiger partial charge < -0.3 is 25.0 Å². The first-order chi connectivity index (χ1) is 12.0. The smallest absolute Gasteiger partial charge is 0.333 e. The van der Waals surface area contributed by atoms with Gasteiger partial charge in [0.25, 0.3) is 0 Å². The molecule has 12 heteroatoms. The molecule has 2 saturated heterocycles. The van der Waals surface area contributed by atoms with Gasteiger partial charge in [-0.3, -0.25) is 14.4 Å². The third-order valence-electron chi connectivity index (χ3n) is 4.64. The number of esters is 2. The highest BCUT2D eigenvalue weighted by molar-refractivity contribution is 7.93. The molecule has 0 bridgehead atoms. The van der Waals surface area contributed by atoms with E-state index >= 15 is 0 Å². The predicted molar refractivity (Wildman–Crippen MR) is 88.8 cm³/mol. The summed E-state index contributed by atoms with van der Waals surface area (Å²) in [6.07, 6.45) is 0.397. The van der Waals surface area contributed by atoms with Crippen LogP contribution in [0.5, 0.6) is 0 Å². The number of sulfone groups is 1. The zero-order valence-electron chi connectivity index (χ0n) is 15.0. The molecular weight excluding hydrogens is 386 g/mol. The molecule has 0 saturated carbocycles. The van der Waals surface area contributed by atoms with Gasteiger partial charge in [0.05, 0.1) is 11.2 Å². The number of hydrogen-bond acceptors (Lipinski definition) is 8. The van der Waals surface area contributed by atoms with Gasteiger partial charge in [0.2, 0.25) is 12.7 Å². The summed E-state index contributed by atoms with van der Waals surface area (Å²) in [5.74, 6) is -3.02. The van der Waals surface area contributed by atoms with E-state index in [1.54, 1.807) is 0 Å². The number of β-lactam (4-membered cyclic amide) rings is 1. The fraction of sp³-hybridized carbons (Fsp3) is 0.733. The number of aliphatic carboxylic acids is 1. The quantitative estimate of drug-likeness (QED) is 0.228. The van der Waals surface area contributed by atoms with Crippen LogP contribution in [0.3, 0.4) is 0 Å². The normalized spacial score (nSPS) is 24.2. The Hall–Kier alpha value is -2.21. The number of hydrogen-bond donors (Lipinski definition) is 1. The number of rotatable bonds is 8. The number of carbonyl (C=O) groups is 4. The maximum absolute atomic E-state index is 12.4. The van der Waals surface area contributed by atoms with Crippen molar-refractivity contribution in [1.82, 2.24) is 4.90 Å². The highest BCUT2D eigenvalue weighted by Crippen LogP contribution is 2.45. The van der Waals surface area contributed by atoms with E-state index in [9.17, 15) is 27.6 Å². The molecule has 2 rings (SSSR count). The highest BCUT2D eigenvalue weighted by atomic mass is 32.2. The predicted octanol–water partition coefficient (Wildman–Crippen LogP) is -1.02. The molecule has 0 radical (unpaired) electrons. The first-order valence-electron chi connectivity index (χ1n) is 8.09. The van der Waals surface area contributed by atoms with Crippen molar-refractivity contribution in [1.29, 1.82) is 0 Å². The molecule has 2 heterocycles. The minimum Gasteiger partial charge on any atom is -0.481 e. The molecule has 154 valence electrons. The molecule has 0 aromatic heterocycles. The summed E-state index contributed by atoms with van der Waals surface area (Å²) in [5.41, 5.74) is 0. The summed E-state index contributed by atoms with van der Waals surface area (Å²) in [6, 6.07) is -1.28. The van der Waals surface area contributed by atoms with Crippen molar-refractivity contribution in [2.45, 2.75) is 62.1 Å². The van der Waals surface area contributed by atoms with Crippen LogP contribution >= 0.6 is 0 Å². The fourth-order valence-electron chi connectivity index (χ4n) is 3.06. The number of fused-ring (bicyclic) bond motifs is 1. The molecule has 2 fully saturated rings. The van der Waals surface area contributed by atoms with Crippen LogP contribution in [0.25, 0.3) is 0 Å². The molecule has 27 heavy (non-hydrogen) atoms. The van der Waals surface area contributed by atoms with Gasteiger partial charge in [-0.25, -0.2) is 13.2 Å². The SMILES string of the molecule is CC1(C)[C@H](C(=O)OCOC(=O)CCCCC(=O)O)N2C(=O)C[C@H]2S1(=O)=O.O. The van der Waals surface area contributed by atoms with Crippen LogP contribution in [0.1, 0.15) is 46.0 Å². The van der Waals surface area contributed by atoms with E-state index in [1.165, 1.54) is 13.8 Å². The second-order valence-corrected chi connectivity index (χ2v) is 9.40. The summed E-state index contributed by atoms with van der Waals surface area (Å²) in [4.78, 5) is 46.8. The highest BCUT2D eigenvalue weighted by Gasteiger charge is 2.68. The lowest BCUT2D eigenvalue weighted by Gasteiger charge is -2.36. The van der Waals surface area contributed by atoms with Crippen LogP contribution in [-0.4, -0.2) is 70.7 Å². The van der Waals surface area contributed by atoms with E-state index in [4.69, 9.17) is 14.6 Å². The van der Waals surface area contributed by atoms with Gasteiger partial charge >= 0.3 is 17.9 Å². The Bertz CT molecular complexity index is 729. The number of carboxylic acid groups (broad SMARTS) is 1. The van der Waals surface area contributed by atoms with Crippen LogP contribution in [0, 0.1) is 0 Å². The van der Waals surface area contributed by atoms with Crippen molar-refractivity contribution in [3.63, 3.8) is 0 Å². The van der Waals surface area contributed by atoms with Gasteiger partial charge in [0.15, 0.2) is 9.84 Å². The maximum Gasteiger partial charge on any atom is 0.333 e. The van der Waals surface area contributed by atoms with Crippen molar-refractivity contribution in [3.05, 3.63) is 0 Å². The first-order valence-corrected chi connectivity index (χ1v) is 9.63. The molecule has 2 aliphatic rings. The summed E-state index contributed by atoms with van der Waals surface area (Å²) >= 11 is 0. The molecule has 2 aliphatic heterocycles. The summed E-state index contributed by atoms with van der Waals surface area (Å²) < 4.78 is 32.8. The Balaban J connectivity index is 0.00000364. The van der Waals surface area contributed by atoms with E-state index in [1.807, 2.05) is 0 Å². The average Bonchev–Trinajstić information content (AvgIpc) is 2.65. The second kappa shape index (κ2) is 8.21. The number of amides is 1. The van der Waals surface area contributed by atoms with Gasteiger partial charge in [-0.05, 0) is 26.7 Å². The van der Waals surface area contributed by atoms with Crippen LogP contribution in [0.4, 0.5) is 0 Å². The third-order valence-corrected chi connectivity index (χ3v) is 7.44. The molecule has 0 aromatic carbocycles. The lowest BCUT2D eigenvalue weighted by atomic mass is 9.98. The van der Waals surface area contributed by atoms with Crippen molar-refractivity contribution in [3.8, 4) is 0 Å². The van der Waals surface area contributed by atoms with E-state index in [0.29, 0.717) is 12.8 Å². The Morgan fingerprint density at radius 2 is 1.78 bits per heavy atom. The van der Waals surface area contributed by atoms with Crippen molar-refractivity contribution in [2.75, 3.05) is 6.79 Å². The number of nitrogens with zero attached hydrogens (tertiary/aromatic N) is 1. The minimum absolute atomic E-state index is 0. The maximum atomic E-state index is 12.4. The number of carbonyl (C=O) groups excluding carboxylic acids is 3. The Kier molecular flexibility index (Phi) is 6.94. The first kappa shape index (κ1) is 22.8. The molecule has 0 spiro atoms. The standard InChI is InChI=1S/C15H21NO9S.H2O/c1-15(2)13(16-9(17)7-10(16)26(15,22)23)14(21)25-8-24-12(20)6-4-3-5-11(18)19;/h10,13H,3-8H2,1-2H3,(H,18,19);1H2/t10-,13+;/m1./s1. The largest absolute Gasteiger partial charge is 0.481 e. The van der Waals surface area contributed by atoms with Gasteiger partial charge in [0.1, 0.15) is 11.4 Å². The number of carboxylic acids is 1. The van der Waals surface area contributed by atoms with Crippen molar-refractivity contribution < 1.29 is 47.7 Å².